The molecule has 0 spiro atoms. The van der Waals surface area contributed by atoms with Gasteiger partial charge in [-0.1, -0.05) is 24.5 Å². The summed E-state index contributed by atoms with van der Waals surface area (Å²) in [6, 6.07) is 0.547. The largest absolute Gasteiger partial charge is 0.378 e. The zero-order chi connectivity index (χ0) is 12.1. The maximum absolute atomic E-state index is 5.73. The van der Waals surface area contributed by atoms with E-state index in [9.17, 15) is 0 Å². The first-order valence-corrected chi connectivity index (χ1v) is 7.30. The molecule has 1 fully saturated rings. The third kappa shape index (κ3) is 3.32. The number of ether oxygens (including phenoxy) is 1. The van der Waals surface area contributed by atoms with Gasteiger partial charge in [0.05, 0.1) is 6.10 Å². The molecular weight excluding hydrogens is 210 g/mol. The molecule has 1 heterocycles. The summed E-state index contributed by atoms with van der Waals surface area (Å²) in [6.07, 6.45) is 12.3. The predicted octanol–water partition coefficient (Wildman–Crippen LogP) is 3.28. The fraction of sp³-hybridized carbons (Fsp3) is 0.867. The summed E-state index contributed by atoms with van der Waals surface area (Å²) >= 11 is 0. The highest BCUT2D eigenvalue weighted by Crippen LogP contribution is 2.30. The molecule has 1 aliphatic heterocycles. The summed E-state index contributed by atoms with van der Waals surface area (Å²) in [5.41, 5.74) is 1.65. The SMILES string of the molecule is CNC(C1=CCCCCCC1)C1CCOC1C. The standard InChI is InChI=1S/C15H27NO/c1-12-14(10-11-17-12)15(16-2)13-8-6-4-3-5-7-9-13/h8,12,14-16H,3-7,9-11H2,1-2H3. The van der Waals surface area contributed by atoms with E-state index in [1.165, 1.54) is 44.9 Å². The van der Waals surface area contributed by atoms with E-state index < -0.39 is 0 Å². The first kappa shape index (κ1) is 13.1. The number of likely N-dealkylation sites (N-methyl/N-ethyl adjacent to an activating group) is 1. The summed E-state index contributed by atoms with van der Waals surface area (Å²) in [4.78, 5) is 0. The monoisotopic (exact) mass is 237 g/mol. The second-order valence-electron chi connectivity index (χ2n) is 5.53. The molecule has 0 aromatic heterocycles. The van der Waals surface area contributed by atoms with Crippen molar-refractivity contribution in [1.82, 2.24) is 5.32 Å². The quantitative estimate of drug-likeness (QED) is 0.761. The predicted molar refractivity (Wildman–Crippen MR) is 72.2 cm³/mol. The molecular formula is C15H27NO. The summed E-state index contributed by atoms with van der Waals surface area (Å²) in [6.45, 7) is 3.17. The molecule has 0 aromatic carbocycles. The highest BCUT2D eigenvalue weighted by Gasteiger charge is 2.32. The van der Waals surface area contributed by atoms with Crippen molar-refractivity contribution in [2.45, 2.75) is 64.0 Å². The fourth-order valence-corrected chi connectivity index (χ4v) is 3.36. The van der Waals surface area contributed by atoms with Gasteiger partial charge in [0.25, 0.3) is 0 Å². The Kier molecular flexibility index (Phi) is 5.05. The van der Waals surface area contributed by atoms with Crippen molar-refractivity contribution in [2.24, 2.45) is 5.92 Å². The number of allylic oxidation sites excluding steroid dienone is 1. The Morgan fingerprint density at radius 3 is 2.82 bits per heavy atom. The van der Waals surface area contributed by atoms with Crippen LogP contribution in [0.1, 0.15) is 51.9 Å². The van der Waals surface area contributed by atoms with Crippen LogP contribution in [0.25, 0.3) is 0 Å². The van der Waals surface area contributed by atoms with Crippen molar-refractivity contribution < 1.29 is 4.74 Å². The average Bonchev–Trinajstić information content (AvgIpc) is 2.69. The summed E-state index contributed by atoms with van der Waals surface area (Å²) in [7, 11) is 2.11. The van der Waals surface area contributed by atoms with Crippen LogP contribution >= 0.6 is 0 Å². The van der Waals surface area contributed by atoms with Crippen molar-refractivity contribution in [1.29, 1.82) is 0 Å². The second kappa shape index (κ2) is 6.55. The van der Waals surface area contributed by atoms with E-state index in [1.807, 2.05) is 0 Å². The van der Waals surface area contributed by atoms with Gasteiger partial charge >= 0.3 is 0 Å². The summed E-state index contributed by atoms with van der Waals surface area (Å²) < 4.78 is 5.73. The molecule has 0 bridgehead atoms. The van der Waals surface area contributed by atoms with Crippen molar-refractivity contribution in [2.75, 3.05) is 13.7 Å². The van der Waals surface area contributed by atoms with Gasteiger partial charge in [0.15, 0.2) is 0 Å². The highest BCUT2D eigenvalue weighted by atomic mass is 16.5. The van der Waals surface area contributed by atoms with Gasteiger partial charge in [-0.05, 0) is 46.1 Å². The van der Waals surface area contributed by atoms with E-state index in [4.69, 9.17) is 4.74 Å². The molecule has 17 heavy (non-hydrogen) atoms. The average molecular weight is 237 g/mol. The van der Waals surface area contributed by atoms with Crippen molar-refractivity contribution >= 4 is 0 Å². The first-order valence-electron chi connectivity index (χ1n) is 7.30. The zero-order valence-electron chi connectivity index (χ0n) is 11.4. The van der Waals surface area contributed by atoms with E-state index in [2.05, 4.69) is 25.4 Å². The second-order valence-corrected chi connectivity index (χ2v) is 5.53. The van der Waals surface area contributed by atoms with Gasteiger partial charge in [0.2, 0.25) is 0 Å². The molecule has 0 amide bonds. The van der Waals surface area contributed by atoms with Gasteiger partial charge in [-0.25, -0.2) is 0 Å². The number of hydrogen-bond acceptors (Lipinski definition) is 2. The van der Waals surface area contributed by atoms with E-state index in [1.54, 1.807) is 5.57 Å². The maximum Gasteiger partial charge on any atom is 0.0594 e. The molecule has 98 valence electrons. The van der Waals surface area contributed by atoms with Crippen LogP contribution in [-0.4, -0.2) is 25.8 Å². The van der Waals surface area contributed by atoms with Crippen LogP contribution in [-0.2, 0) is 4.74 Å². The lowest BCUT2D eigenvalue weighted by atomic mass is 9.84. The number of nitrogens with one attached hydrogen (secondary N) is 1. The Balaban J connectivity index is 2.04. The molecule has 0 aromatic rings. The maximum atomic E-state index is 5.73. The Morgan fingerprint density at radius 2 is 2.12 bits per heavy atom. The molecule has 2 rings (SSSR count). The zero-order valence-corrected chi connectivity index (χ0v) is 11.4. The van der Waals surface area contributed by atoms with Crippen LogP contribution in [0.5, 0.6) is 0 Å². The Morgan fingerprint density at radius 1 is 1.29 bits per heavy atom. The number of hydrogen-bond donors (Lipinski definition) is 1. The van der Waals surface area contributed by atoms with Gasteiger partial charge in [-0.3, -0.25) is 0 Å². The van der Waals surface area contributed by atoms with Gasteiger partial charge in [-0.2, -0.15) is 0 Å². The topological polar surface area (TPSA) is 21.3 Å². The Hall–Kier alpha value is -0.340. The first-order chi connectivity index (χ1) is 8.33. The molecule has 2 nitrogen and oxygen atoms in total. The van der Waals surface area contributed by atoms with Crippen LogP contribution in [0.2, 0.25) is 0 Å². The lowest BCUT2D eigenvalue weighted by molar-refractivity contribution is 0.0992. The lowest BCUT2D eigenvalue weighted by Gasteiger charge is -2.29. The van der Waals surface area contributed by atoms with Crippen LogP contribution < -0.4 is 5.32 Å². The fourth-order valence-electron chi connectivity index (χ4n) is 3.36. The number of rotatable bonds is 3. The van der Waals surface area contributed by atoms with Crippen LogP contribution in [0, 0.1) is 5.92 Å². The van der Waals surface area contributed by atoms with Gasteiger partial charge < -0.3 is 10.1 Å². The van der Waals surface area contributed by atoms with E-state index >= 15 is 0 Å². The van der Waals surface area contributed by atoms with Crippen molar-refractivity contribution in [3.05, 3.63) is 11.6 Å². The minimum atomic E-state index is 0.416. The molecule has 1 aliphatic carbocycles. The summed E-state index contributed by atoms with van der Waals surface area (Å²) in [5, 5.41) is 3.54. The minimum absolute atomic E-state index is 0.416. The Labute approximate surface area is 106 Å². The molecule has 2 heteroatoms. The minimum Gasteiger partial charge on any atom is -0.378 e. The molecule has 3 atom stereocenters. The van der Waals surface area contributed by atoms with E-state index in [0.29, 0.717) is 18.1 Å². The van der Waals surface area contributed by atoms with Gasteiger partial charge in [-0.15, -0.1) is 0 Å². The molecule has 0 saturated carbocycles. The molecule has 2 aliphatic rings. The van der Waals surface area contributed by atoms with Crippen molar-refractivity contribution in [3.8, 4) is 0 Å². The Bertz CT molecular complexity index is 262. The third-order valence-corrected chi connectivity index (χ3v) is 4.40. The highest BCUT2D eigenvalue weighted by molar-refractivity contribution is 5.14. The third-order valence-electron chi connectivity index (χ3n) is 4.40. The summed E-state index contributed by atoms with van der Waals surface area (Å²) in [5.74, 6) is 0.672. The smallest absolute Gasteiger partial charge is 0.0594 e. The van der Waals surface area contributed by atoms with Gasteiger partial charge in [0, 0.05) is 18.6 Å². The molecule has 3 unspecified atom stereocenters. The lowest BCUT2D eigenvalue weighted by Crippen LogP contribution is -2.38. The molecule has 0 radical (unpaired) electrons. The van der Waals surface area contributed by atoms with Crippen molar-refractivity contribution in [3.63, 3.8) is 0 Å². The molecule has 1 saturated heterocycles. The van der Waals surface area contributed by atoms with E-state index in [0.717, 1.165) is 6.61 Å². The molecule has 1 N–H and O–H groups in total. The van der Waals surface area contributed by atoms with E-state index in [-0.39, 0.29) is 0 Å². The van der Waals surface area contributed by atoms with Crippen LogP contribution in [0.3, 0.4) is 0 Å². The van der Waals surface area contributed by atoms with Crippen LogP contribution in [0.15, 0.2) is 11.6 Å². The van der Waals surface area contributed by atoms with Gasteiger partial charge in [0.1, 0.15) is 0 Å². The normalized spacial score (nSPS) is 32.7. The van der Waals surface area contributed by atoms with Crippen LogP contribution in [0.4, 0.5) is 0 Å².